The van der Waals surface area contributed by atoms with Crippen molar-refractivity contribution in [3.05, 3.63) is 40.6 Å². The average Bonchev–Trinajstić information content (AvgIpc) is 2.70. The summed E-state index contributed by atoms with van der Waals surface area (Å²) in [4.78, 5) is 11.2. The molecule has 0 aliphatic carbocycles. The van der Waals surface area contributed by atoms with Crippen LogP contribution in [0.15, 0.2) is 28.7 Å². The minimum absolute atomic E-state index is 0.359. The van der Waals surface area contributed by atoms with E-state index >= 15 is 0 Å². The van der Waals surface area contributed by atoms with Crippen LogP contribution in [0.3, 0.4) is 0 Å². The van der Waals surface area contributed by atoms with Crippen molar-refractivity contribution in [1.82, 2.24) is 0 Å². The van der Waals surface area contributed by atoms with Crippen LogP contribution < -0.4 is 0 Å². The summed E-state index contributed by atoms with van der Waals surface area (Å²) in [5.41, 5.74) is 1.75. The van der Waals surface area contributed by atoms with Gasteiger partial charge < -0.3 is 9.15 Å². The van der Waals surface area contributed by atoms with Gasteiger partial charge >= 0.3 is 5.97 Å². The maximum atomic E-state index is 11.2. The van der Waals surface area contributed by atoms with Gasteiger partial charge in [0, 0.05) is 16.5 Å². The van der Waals surface area contributed by atoms with Crippen molar-refractivity contribution >= 4 is 34.6 Å². The third-order valence-electron chi connectivity index (χ3n) is 2.46. The number of ether oxygens (including phenoxy) is 1. The molecule has 0 N–H and O–H groups in total. The molecule has 0 spiro atoms. The van der Waals surface area contributed by atoms with Gasteiger partial charge in [0.1, 0.15) is 11.3 Å². The van der Waals surface area contributed by atoms with E-state index in [4.69, 9.17) is 20.8 Å². The first kappa shape index (κ1) is 12.7. The van der Waals surface area contributed by atoms with Crippen molar-refractivity contribution in [3.8, 4) is 0 Å². The molecule has 2 rings (SSSR count). The first-order valence-corrected chi connectivity index (χ1v) is 6.02. The Kier molecular flexibility index (Phi) is 3.72. The maximum Gasteiger partial charge on any atom is 0.330 e. The van der Waals surface area contributed by atoms with Crippen molar-refractivity contribution in [3.63, 3.8) is 0 Å². The molecule has 2 aromatic rings. The Morgan fingerprint density at radius 1 is 1.44 bits per heavy atom. The van der Waals surface area contributed by atoms with Crippen molar-refractivity contribution in [2.75, 3.05) is 6.61 Å². The molecule has 1 heterocycles. The highest BCUT2D eigenvalue weighted by atomic mass is 35.5. The molecular formula is C14H13ClO3. The summed E-state index contributed by atoms with van der Waals surface area (Å²) >= 11 is 5.97. The quantitative estimate of drug-likeness (QED) is 0.622. The van der Waals surface area contributed by atoms with Gasteiger partial charge in [-0.25, -0.2) is 4.79 Å². The molecule has 4 heteroatoms. The summed E-state index contributed by atoms with van der Waals surface area (Å²) in [6, 6.07) is 5.51. The van der Waals surface area contributed by atoms with Gasteiger partial charge in [0.05, 0.1) is 6.61 Å². The molecule has 0 saturated carbocycles. The van der Waals surface area contributed by atoms with Crippen LogP contribution in [-0.2, 0) is 9.53 Å². The highest BCUT2D eigenvalue weighted by Gasteiger charge is 2.06. The predicted octanol–water partition coefficient (Wildman–Crippen LogP) is 3.97. The lowest BCUT2D eigenvalue weighted by molar-refractivity contribution is -0.137. The third-order valence-corrected chi connectivity index (χ3v) is 2.67. The first-order chi connectivity index (χ1) is 8.60. The minimum Gasteiger partial charge on any atom is -0.463 e. The molecule has 94 valence electrons. The molecule has 0 amide bonds. The van der Waals surface area contributed by atoms with Gasteiger partial charge in [0.2, 0.25) is 0 Å². The number of rotatable bonds is 3. The fraction of sp³-hybridized carbons (Fsp3) is 0.214. The Bertz CT molecular complexity index is 611. The van der Waals surface area contributed by atoms with Gasteiger partial charge in [-0.3, -0.25) is 0 Å². The van der Waals surface area contributed by atoms with Crippen LogP contribution in [0, 0.1) is 6.92 Å². The Morgan fingerprint density at radius 2 is 2.22 bits per heavy atom. The lowest BCUT2D eigenvalue weighted by Crippen LogP contribution is -1.98. The number of halogens is 1. The predicted molar refractivity (Wildman–Crippen MR) is 71.6 cm³/mol. The number of hydrogen-bond donors (Lipinski definition) is 0. The monoisotopic (exact) mass is 264 g/mol. The number of furan rings is 1. The number of fused-ring (bicyclic) bond motifs is 1. The van der Waals surface area contributed by atoms with Crippen molar-refractivity contribution in [2.45, 2.75) is 13.8 Å². The van der Waals surface area contributed by atoms with Crippen molar-refractivity contribution in [2.24, 2.45) is 0 Å². The lowest BCUT2D eigenvalue weighted by atomic mass is 10.2. The second-order valence-electron chi connectivity index (χ2n) is 3.88. The van der Waals surface area contributed by atoms with Crippen molar-refractivity contribution in [1.29, 1.82) is 0 Å². The number of hydrogen-bond acceptors (Lipinski definition) is 3. The van der Waals surface area contributed by atoms with Crippen LogP contribution in [0.4, 0.5) is 0 Å². The van der Waals surface area contributed by atoms with Gasteiger partial charge in [-0.15, -0.1) is 0 Å². The van der Waals surface area contributed by atoms with Crippen LogP contribution in [0.5, 0.6) is 0 Å². The molecular weight excluding hydrogens is 252 g/mol. The van der Waals surface area contributed by atoms with Gasteiger partial charge in [0.25, 0.3) is 0 Å². The standard InChI is InChI=1S/C14H13ClO3/c1-3-17-13(16)5-4-12-8-10-7-11(15)6-9(2)14(10)18-12/h4-8H,3H2,1-2H3/b5-4+. The van der Waals surface area contributed by atoms with E-state index in [1.165, 1.54) is 6.08 Å². The zero-order chi connectivity index (χ0) is 13.1. The second-order valence-corrected chi connectivity index (χ2v) is 4.31. The van der Waals surface area contributed by atoms with Gasteiger partial charge in [-0.2, -0.15) is 0 Å². The van der Waals surface area contributed by atoms with Gasteiger partial charge in [-0.05, 0) is 43.7 Å². The Hall–Kier alpha value is -1.74. The Labute approximate surface area is 110 Å². The smallest absolute Gasteiger partial charge is 0.330 e. The molecule has 3 nitrogen and oxygen atoms in total. The van der Waals surface area contributed by atoms with E-state index in [0.29, 0.717) is 17.4 Å². The summed E-state index contributed by atoms with van der Waals surface area (Å²) in [6.07, 6.45) is 2.93. The second kappa shape index (κ2) is 5.27. The highest BCUT2D eigenvalue weighted by molar-refractivity contribution is 6.31. The average molecular weight is 265 g/mol. The number of aryl methyl sites for hydroxylation is 1. The molecule has 0 radical (unpaired) electrons. The number of carbonyl (C=O) groups excluding carboxylic acids is 1. The topological polar surface area (TPSA) is 39.4 Å². The van der Waals surface area contributed by atoms with Crippen LogP contribution in [0.1, 0.15) is 18.2 Å². The largest absolute Gasteiger partial charge is 0.463 e. The first-order valence-electron chi connectivity index (χ1n) is 5.64. The van der Waals surface area contributed by atoms with Crippen molar-refractivity contribution < 1.29 is 13.9 Å². The molecule has 0 saturated heterocycles. The van der Waals surface area contributed by atoms with Gasteiger partial charge in [-0.1, -0.05) is 11.6 Å². The van der Waals surface area contributed by atoms with Gasteiger partial charge in [0.15, 0.2) is 0 Å². The molecule has 0 unspecified atom stereocenters. The van der Waals surface area contributed by atoms with Crippen LogP contribution in [-0.4, -0.2) is 12.6 Å². The van der Waals surface area contributed by atoms with E-state index in [1.807, 2.05) is 25.1 Å². The molecule has 0 aliphatic rings. The van der Waals surface area contributed by atoms with E-state index in [1.54, 1.807) is 13.0 Å². The van der Waals surface area contributed by atoms with E-state index in [-0.39, 0.29) is 5.97 Å². The summed E-state index contributed by atoms with van der Waals surface area (Å²) in [6.45, 7) is 4.05. The fourth-order valence-electron chi connectivity index (χ4n) is 1.73. The van der Waals surface area contributed by atoms with E-state index in [9.17, 15) is 4.79 Å². The number of benzene rings is 1. The molecule has 0 aliphatic heterocycles. The SMILES string of the molecule is CCOC(=O)/C=C/c1cc2cc(Cl)cc(C)c2o1. The maximum absolute atomic E-state index is 11.2. The van der Waals surface area contributed by atoms with Crippen LogP contribution in [0.2, 0.25) is 5.02 Å². The van der Waals surface area contributed by atoms with E-state index < -0.39 is 0 Å². The van der Waals surface area contributed by atoms with Crippen LogP contribution in [0.25, 0.3) is 17.0 Å². The fourth-order valence-corrected chi connectivity index (χ4v) is 2.01. The number of esters is 1. The summed E-state index contributed by atoms with van der Waals surface area (Å²) in [5, 5.41) is 1.59. The lowest BCUT2D eigenvalue weighted by Gasteiger charge is -1.95. The minimum atomic E-state index is -0.382. The highest BCUT2D eigenvalue weighted by Crippen LogP contribution is 2.27. The Morgan fingerprint density at radius 3 is 2.94 bits per heavy atom. The molecule has 18 heavy (non-hydrogen) atoms. The zero-order valence-electron chi connectivity index (χ0n) is 10.2. The molecule has 0 bridgehead atoms. The Balaban J connectivity index is 2.31. The third kappa shape index (κ3) is 2.74. The molecule has 1 aromatic carbocycles. The summed E-state index contributed by atoms with van der Waals surface area (Å²) < 4.78 is 10.4. The van der Waals surface area contributed by atoms with E-state index in [0.717, 1.165) is 16.5 Å². The summed E-state index contributed by atoms with van der Waals surface area (Å²) in [5.74, 6) is 0.219. The molecule has 0 fully saturated rings. The van der Waals surface area contributed by atoms with Crippen LogP contribution >= 0.6 is 11.6 Å². The number of carbonyl (C=O) groups is 1. The normalized spacial score (nSPS) is 11.3. The zero-order valence-corrected chi connectivity index (χ0v) is 11.0. The molecule has 0 atom stereocenters. The summed E-state index contributed by atoms with van der Waals surface area (Å²) in [7, 11) is 0. The van der Waals surface area contributed by atoms with E-state index in [2.05, 4.69) is 0 Å². The molecule has 1 aromatic heterocycles.